The van der Waals surface area contributed by atoms with E-state index in [-0.39, 0.29) is 6.03 Å². The van der Waals surface area contributed by atoms with E-state index in [1.54, 1.807) is 0 Å². The number of ether oxygens (including phenoxy) is 1. The molecule has 7 nitrogen and oxygen atoms in total. The summed E-state index contributed by atoms with van der Waals surface area (Å²) >= 11 is 0. The van der Waals surface area contributed by atoms with Gasteiger partial charge in [0.05, 0.1) is 0 Å². The molecule has 0 spiro atoms. The van der Waals surface area contributed by atoms with E-state index < -0.39 is 0 Å². The highest BCUT2D eigenvalue weighted by Gasteiger charge is 2.26. The van der Waals surface area contributed by atoms with Gasteiger partial charge >= 0.3 is 6.03 Å². The number of aromatic nitrogens is 3. The van der Waals surface area contributed by atoms with Crippen LogP contribution < -0.4 is 5.32 Å². The standard InChI is InChI=1S/C16H27N5O2/c1-12-18-15(20-19-12)14-5-8-21(9-6-14)16(22)17-7-4-13-3-2-10-23-11-13/h13-14H,2-11H2,1H3,(H,17,22)(H,18,19,20)/t13-/m0/s1. The van der Waals surface area contributed by atoms with Crippen LogP contribution in [-0.4, -0.2) is 59.0 Å². The average molecular weight is 321 g/mol. The smallest absolute Gasteiger partial charge is 0.317 e. The van der Waals surface area contributed by atoms with Crippen LogP contribution in [0, 0.1) is 12.8 Å². The maximum atomic E-state index is 12.2. The molecule has 2 saturated heterocycles. The molecule has 1 atom stereocenters. The van der Waals surface area contributed by atoms with Crippen molar-refractivity contribution in [2.45, 2.75) is 44.9 Å². The molecule has 0 unspecified atom stereocenters. The predicted octanol–water partition coefficient (Wildman–Crippen LogP) is 1.82. The minimum absolute atomic E-state index is 0.0614. The Balaban J connectivity index is 1.36. The molecular formula is C16H27N5O2. The molecule has 0 radical (unpaired) electrons. The fraction of sp³-hybridized carbons (Fsp3) is 0.812. The zero-order valence-corrected chi connectivity index (χ0v) is 13.9. The van der Waals surface area contributed by atoms with Crippen LogP contribution in [0.4, 0.5) is 4.79 Å². The van der Waals surface area contributed by atoms with Crippen LogP contribution in [0.5, 0.6) is 0 Å². The van der Waals surface area contributed by atoms with E-state index in [0.717, 1.165) is 70.2 Å². The van der Waals surface area contributed by atoms with Crippen LogP contribution in [0.15, 0.2) is 0 Å². The molecule has 2 amide bonds. The molecular weight excluding hydrogens is 294 g/mol. The first-order valence-corrected chi connectivity index (χ1v) is 8.72. The first-order valence-electron chi connectivity index (χ1n) is 8.72. The molecule has 2 N–H and O–H groups in total. The molecule has 1 aromatic rings. The van der Waals surface area contributed by atoms with Gasteiger partial charge in [0.2, 0.25) is 0 Å². The Kier molecular flexibility index (Phi) is 5.48. The molecule has 2 fully saturated rings. The van der Waals surface area contributed by atoms with E-state index in [0.29, 0.717) is 11.8 Å². The predicted molar refractivity (Wildman–Crippen MR) is 86.2 cm³/mol. The van der Waals surface area contributed by atoms with Gasteiger partial charge in [0.1, 0.15) is 5.82 Å². The molecule has 128 valence electrons. The Morgan fingerprint density at radius 1 is 1.39 bits per heavy atom. The summed E-state index contributed by atoms with van der Waals surface area (Å²) in [7, 11) is 0. The molecule has 23 heavy (non-hydrogen) atoms. The van der Waals surface area contributed by atoms with Crippen LogP contribution in [0.25, 0.3) is 0 Å². The number of carbonyl (C=O) groups is 1. The van der Waals surface area contributed by atoms with E-state index in [9.17, 15) is 4.79 Å². The van der Waals surface area contributed by atoms with Crippen molar-refractivity contribution in [2.24, 2.45) is 5.92 Å². The summed E-state index contributed by atoms with van der Waals surface area (Å²) in [5.41, 5.74) is 0. The average Bonchev–Trinajstić information content (AvgIpc) is 3.02. The molecule has 0 aliphatic carbocycles. The highest BCUT2D eigenvalue weighted by Crippen LogP contribution is 2.25. The Hall–Kier alpha value is -1.63. The van der Waals surface area contributed by atoms with E-state index in [4.69, 9.17) is 4.74 Å². The summed E-state index contributed by atoms with van der Waals surface area (Å²) in [5.74, 6) is 2.71. The lowest BCUT2D eigenvalue weighted by Gasteiger charge is -2.31. The number of aryl methyl sites for hydroxylation is 1. The molecule has 3 rings (SSSR count). The van der Waals surface area contributed by atoms with Gasteiger partial charge in [-0.3, -0.25) is 5.10 Å². The van der Waals surface area contributed by atoms with Gasteiger partial charge in [0.15, 0.2) is 5.82 Å². The fourth-order valence-corrected chi connectivity index (χ4v) is 3.41. The molecule has 0 aromatic carbocycles. The van der Waals surface area contributed by atoms with Gasteiger partial charge in [-0.15, -0.1) is 0 Å². The topological polar surface area (TPSA) is 83.1 Å². The van der Waals surface area contributed by atoms with Crippen molar-refractivity contribution in [3.05, 3.63) is 11.6 Å². The number of urea groups is 1. The second-order valence-corrected chi connectivity index (χ2v) is 6.64. The Morgan fingerprint density at radius 2 is 2.22 bits per heavy atom. The van der Waals surface area contributed by atoms with Crippen molar-refractivity contribution in [3.8, 4) is 0 Å². The minimum Gasteiger partial charge on any atom is -0.381 e. The van der Waals surface area contributed by atoms with Gasteiger partial charge in [-0.1, -0.05) is 0 Å². The molecule has 2 aliphatic rings. The van der Waals surface area contributed by atoms with Crippen LogP contribution in [0.3, 0.4) is 0 Å². The van der Waals surface area contributed by atoms with Crippen molar-refractivity contribution < 1.29 is 9.53 Å². The van der Waals surface area contributed by atoms with E-state index in [1.165, 1.54) is 6.42 Å². The maximum absolute atomic E-state index is 12.2. The van der Waals surface area contributed by atoms with E-state index in [1.807, 2.05) is 11.8 Å². The van der Waals surface area contributed by atoms with Gasteiger partial charge in [0, 0.05) is 38.8 Å². The lowest BCUT2D eigenvalue weighted by atomic mass is 9.96. The monoisotopic (exact) mass is 321 g/mol. The molecule has 0 bridgehead atoms. The number of nitrogens with one attached hydrogen (secondary N) is 2. The maximum Gasteiger partial charge on any atom is 0.317 e. The van der Waals surface area contributed by atoms with Crippen molar-refractivity contribution in [2.75, 3.05) is 32.8 Å². The van der Waals surface area contributed by atoms with Gasteiger partial charge < -0.3 is 15.0 Å². The van der Waals surface area contributed by atoms with Crippen molar-refractivity contribution in [1.29, 1.82) is 0 Å². The number of carbonyl (C=O) groups excluding carboxylic acids is 1. The Labute approximate surface area is 137 Å². The zero-order chi connectivity index (χ0) is 16.1. The highest BCUT2D eigenvalue weighted by molar-refractivity contribution is 5.74. The SMILES string of the molecule is Cc1nc(C2CCN(C(=O)NCC[C@@H]3CCCOC3)CC2)n[nH]1. The number of likely N-dealkylation sites (tertiary alicyclic amines) is 1. The number of hydrogen-bond acceptors (Lipinski definition) is 4. The summed E-state index contributed by atoms with van der Waals surface area (Å²) in [6.45, 7) is 5.94. The number of H-pyrrole nitrogens is 1. The third-order valence-corrected chi connectivity index (χ3v) is 4.85. The molecule has 0 saturated carbocycles. The number of rotatable bonds is 4. The van der Waals surface area contributed by atoms with E-state index >= 15 is 0 Å². The van der Waals surface area contributed by atoms with Crippen molar-refractivity contribution >= 4 is 6.03 Å². The molecule has 7 heteroatoms. The second kappa shape index (κ2) is 7.77. The molecule has 3 heterocycles. The third kappa shape index (κ3) is 4.43. The first kappa shape index (κ1) is 16.2. The Bertz CT molecular complexity index is 504. The van der Waals surface area contributed by atoms with Gasteiger partial charge in [0.25, 0.3) is 0 Å². The number of amides is 2. The van der Waals surface area contributed by atoms with Crippen LogP contribution in [-0.2, 0) is 4.74 Å². The van der Waals surface area contributed by atoms with Crippen molar-refractivity contribution in [1.82, 2.24) is 25.4 Å². The minimum atomic E-state index is 0.0614. The zero-order valence-electron chi connectivity index (χ0n) is 13.9. The summed E-state index contributed by atoms with van der Waals surface area (Å²) in [6.07, 6.45) is 5.24. The van der Waals surface area contributed by atoms with Crippen LogP contribution in [0.2, 0.25) is 0 Å². The summed E-state index contributed by atoms with van der Waals surface area (Å²) < 4.78 is 5.47. The summed E-state index contributed by atoms with van der Waals surface area (Å²) in [4.78, 5) is 18.6. The fourth-order valence-electron chi connectivity index (χ4n) is 3.41. The molecule has 2 aliphatic heterocycles. The van der Waals surface area contributed by atoms with Gasteiger partial charge in [-0.05, 0) is 44.9 Å². The number of aromatic amines is 1. The van der Waals surface area contributed by atoms with Crippen molar-refractivity contribution in [3.63, 3.8) is 0 Å². The van der Waals surface area contributed by atoms with Crippen LogP contribution >= 0.6 is 0 Å². The number of nitrogens with zero attached hydrogens (tertiary/aromatic N) is 3. The number of hydrogen-bond donors (Lipinski definition) is 2. The van der Waals surface area contributed by atoms with Crippen LogP contribution in [0.1, 0.15) is 49.7 Å². The number of piperidine rings is 1. The lowest BCUT2D eigenvalue weighted by molar-refractivity contribution is 0.0518. The van der Waals surface area contributed by atoms with Gasteiger partial charge in [-0.2, -0.15) is 5.10 Å². The largest absolute Gasteiger partial charge is 0.381 e. The lowest BCUT2D eigenvalue weighted by Crippen LogP contribution is -2.44. The third-order valence-electron chi connectivity index (χ3n) is 4.85. The normalized spacial score (nSPS) is 23.0. The highest BCUT2D eigenvalue weighted by atomic mass is 16.5. The molecule has 1 aromatic heterocycles. The summed E-state index contributed by atoms with van der Waals surface area (Å²) in [6, 6.07) is 0.0614. The summed E-state index contributed by atoms with van der Waals surface area (Å²) in [5, 5.41) is 10.2. The first-order chi connectivity index (χ1) is 11.2. The quantitative estimate of drug-likeness (QED) is 0.886. The Morgan fingerprint density at radius 3 is 2.87 bits per heavy atom. The second-order valence-electron chi connectivity index (χ2n) is 6.64. The van der Waals surface area contributed by atoms with Gasteiger partial charge in [-0.25, -0.2) is 9.78 Å². The van der Waals surface area contributed by atoms with E-state index in [2.05, 4.69) is 20.5 Å².